The normalized spacial score (nSPS) is 10.8. The summed E-state index contributed by atoms with van der Waals surface area (Å²) in [7, 11) is 1.73. The molecule has 2 heterocycles. The van der Waals surface area contributed by atoms with Crippen molar-refractivity contribution >= 4 is 5.91 Å². The number of hydrogen-bond donors (Lipinski definition) is 1. The van der Waals surface area contributed by atoms with Gasteiger partial charge in [-0.15, -0.1) is 5.10 Å². The fourth-order valence-electron chi connectivity index (χ4n) is 2.53. The maximum atomic E-state index is 12.4. The summed E-state index contributed by atoms with van der Waals surface area (Å²) < 4.78 is 3.37. The molecular formula is C17H21N7O. The number of nitrogens with two attached hydrogens (primary N) is 1. The van der Waals surface area contributed by atoms with Crippen LogP contribution in [-0.4, -0.2) is 49.2 Å². The minimum atomic E-state index is -0.188. The molecular weight excluding hydrogens is 318 g/mol. The molecule has 0 aliphatic rings. The third kappa shape index (κ3) is 3.92. The molecule has 0 saturated heterocycles. The molecule has 0 unspecified atom stereocenters. The highest BCUT2D eigenvalue weighted by Gasteiger charge is 2.16. The van der Waals surface area contributed by atoms with Crippen molar-refractivity contribution in [2.24, 2.45) is 5.73 Å². The molecule has 0 aliphatic carbocycles. The van der Waals surface area contributed by atoms with Gasteiger partial charge < -0.3 is 10.6 Å². The van der Waals surface area contributed by atoms with Gasteiger partial charge >= 0.3 is 0 Å². The van der Waals surface area contributed by atoms with Crippen LogP contribution in [0.15, 0.2) is 42.9 Å². The smallest absolute Gasteiger partial charge is 0.276 e. The molecule has 2 N–H and O–H groups in total. The van der Waals surface area contributed by atoms with Gasteiger partial charge in [0.1, 0.15) is 0 Å². The van der Waals surface area contributed by atoms with Crippen LogP contribution in [0, 0.1) is 6.92 Å². The number of carbonyl (C=O) groups is 1. The van der Waals surface area contributed by atoms with E-state index < -0.39 is 0 Å². The molecule has 0 atom stereocenters. The van der Waals surface area contributed by atoms with Crippen LogP contribution in [0.3, 0.4) is 0 Å². The second-order valence-electron chi connectivity index (χ2n) is 5.95. The Labute approximate surface area is 145 Å². The van der Waals surface area contributed by atoms with Crippen molar-refractivity contribution in [1.82, 2.24) is 29.7 Å². The Bertz CT molecular complexity index is 867. The molecule has 1 aromatic carbocycles. The van der Waals surface area contributed by atoms with Crippen LogP contribution in [0.25, 0.3) is 5.69 Å². The Hall–Kier alpha value is -3.00. The van der Waals surface area contributed by atoms with Crippen molar-refractivity contribution in [3.63, 3.8) is 0 Å². The fraction of sp³-hybridized carbons (Fsp3) is 0.294. The summed E-state index contributed by atoms with van der Waals surface area (Å²) in [5, 5.41) is 12.2. The molecule has 1 amide bonds. The molecule has 3 aromatic rings. The average molecular weight is 339 g/mol. The minimum absolute atomic E-state index is 0.188. The number of benzene rings is 1. The van der Waals surface area contributed by atoms with E-state index in [1.165, 1.54) is 5.56 Å². The summed E-state index contributed by atoms with van der Waals surface area (Å²) >= 11 is 0. The van der Waals surface area contributed by atoms with Crippen molar-refractivity contribution in [1.29, 1.82) is 0 Å². The molecule has 0 fully saturated rings. The van der Waals surface area contributed by atoms with Crippen molar-refractivity contribution < 1.29 is 4.79 Å². The highest BCUT2D eigenvalue weighted by atomic mass is 16.2. The van der Waals surface area contributed by atoms with Crippen molar-refractivity contribution in [3.05, 3.63) is 59.7 Å². The zero-order valence-electron chi connectivity index (χ0n) is 14.3. The standard InChI is InChI=1S/C17H21N7O/c1-13-4-3-5-15(8-13)24-11-14(9-19-24)10-22(2)17(25)16-12-23(7-6-18)21-20-16/h3-5,8-9,11-12H,6-7,10,18H2,1-2H3. The lowest BCUT2D eigenvalue weighted by Gasteiger charge is -2.14. The minimum Gasteiger partial charge on any atom is -0.336 e. The van der Waals surface area contributed by atoms with E-state index in [9.17, 15) is 4.79 Å². The molecule has 8 heteroatoms. The summed E-state index contributed by atoms with van der Waals surface area (Å²) in [5.41, 5.74) is 8.88. The number of rotatable bonds is 6. The summed E-state index contributed by atoms with van der Waals surface area (Å²) in [6.45, 7) is 3.46. The highest BCUT2D eigenvalue weighted by Crippen LogP contribution is 2.12. The van der Waals surface area contributed by atoms with Crippen molar-refractivity contribution in [2.75, 3.05) is 13.6 Å². The number of aryl methyl sites for hydroxylation is 1. The lowest BCUT2D eigenvalue weighted by molar-refractivity contribution is 0.0779. The van der Waals surface area contributed by atoms with Crippen LogP contribution in [0.4, 0.5) is 0 Å². The Morgan fingerprint density at radius 2 is 2.16 bits per heavy atom. The molecule has 0 aliphatic heterocycles. The first-order valence-electron chi connectivity index (χ1n) is 8.03. The van der Waals surface area contributed by atoms with Crippen molar-refractivity contribution in [2.45, 2.75) is 20.0 Å². The van der Waals surface area contributed by atoms with Gasteiger partial charge in [0.25, 0.3) is 5.91 Å². The van der Waals surface area contributed by atoms with Crippen LogP contribution < -0.4 is 5.73 Å². The summed E-state index contributed by atoms with van der Waals surface area (Å²) in [4.78, 5) is 14.0. The largest absolute Gasteiger partial charge is 0.336 e. The fourth-order valence-corrected chi connectivity index (χ4v) is 2.53. The van der Waals surface area contributed by atoms with Gasteiger partial charge in [0.05, 0.1) is 24.6 Å². The Balaban J connectivity index is 1.68. The second kappa shape index (κ2) is 7.27. The monoisotopic (exact) mass is 339 g/mol. The first-order valence-corrected chi connectivity index (χ1v) is 8.03. The van der Waals surface area contributed by atoms with Crippen LogP contribution in [0.5, 0.6) is 0 Å². The van der Waals surface area contributed by atoms with Gasteiger partial charge in [0, 0.05) is 31.9 Å². The van der Waals surface area contributed by atoms with E-state index in [1.807, 2.05) is 31.3 Å². The molecule has 0 spiro atoms. The van der Waals surface area contributed by atoms with Crippen molar-refractivity contribution in [3.8, 4) is 5.69 Å². The quantitative estimate of drug-likeness (QED) is 0.723. The predicted octanol–water partition coefficient (Wildman–Crippen LogP) is 1.00. The van der Waals surface area contributed by atoms with Gasteiger partial charge in [0.2, 0.25) is 0 Å². The molecule has 130 valence electrons. The van der Waals surface area contributed by atoms with Gasteiger partial charge in [0.15, 0.2) is 5.69 Å². The Morgan fingerprint density at radius 3 is 2.92 bits per heavy atom. The predicted molar refractivity (Wildman–Crippen MR) is 93.2 cm³/mol. The van der Waals surface area contributed by atoms with Crippen LogP contribution >= 0.6 is 0 Å². The number of nitrogens with zero attached hydrogens (tertiary/aromatic N) is 6. The van der Waals surface area contributed by atoms with Gasteiger partial charge in [-0.3, -0.25) is 9.48 Å². The van der Waals surface area contributed by atoms with E-state index >= 15 is 0 Å². The Kier molecular flexibility index (Phi) is 4.90. The number of carbonyl (C=O) groups excluding carboxylic acids is 1. The topological polar surface area (TPSA) is 94.9 Å². The van der Waals surface area contributed by atoms with Crippen LogP contribution in [0.1, 0.15) is 21.6 Å². The molecule has 25 heavy (non-hydrogen) atoms. The zero-order chi connectivity index (χ0) is 17.8. The lowest BCUT2D eigenvalue weighted by atomic mass is 10.2. The molecule has 0 radical (unpaired) electrons. The lowest BCUT2D eigenvalue weighted by Crippen LogP contribution is -2.26. The van der Waals surface area contributed by atoms with Gasteiger partial charge in [-0.25, -0.2) is 4.68 Å². The molecule has 0 saturated carbocycles. The third-order valence-corrected chi connectivity index (χ3v) is 3.78. The van der Waals surface area contributed by atoms with Crippen LogP contribution in [0.2, 0.25) is 0 Å². The molecule has 0 bridgehead atoms. The Morgan fingerprint density at radius 1 is 1.32 bits per heavy atom. The van der Waals surface area contributed by atoms with E-state index in [0.717, 1.165) is 11.3 Å². The summed E-state index contributed by atoms with van der Waals surface area (Å²) in [6.07, 6.45) is 5.29. The van der Waals surface area contributed by atoms with Gasteiger partial charge in [-0.2, -0.15) is 5.10 Å². The maximum absolute atomic E-state index is 12.4. The van der Waals surface area contributed by atoms with E-state index in [1.54, 1.807) is 33.7 Å². The SMILES string of the molecule is Cc1cccc(-n2cc(CN(C)C(=O)c3cn(CCN)nn3)cn2)c1. The molecule has 3 rings (SSSR count). The first-order chi connectivity index (χ1) is 12.1. The van der Waals surface area contributed by atoms with Gasteiger partial charge in [-0.05, 0) is 24.6 Å². The highest BCUT2D eigenvalue weighted by molar-refractivity contribution is 5.91. The maximum Gasteiger partial charge on any atom is 0.276 e. The first kappa shape index (κ1) is 16.8. The molecule has 8 nitrogen and oxygen atoms in total. The van der Waals surface area contributed by atoms with Gasteiger partial charge in [-0.1, -0.05) is 17.3 Å². The second-order valence-corrected chi connectivity index (χ2v) is 5.95. The molecule has 2 aromatic heterocycles. The number of amides is 1. The third-order valence-electron chi connectivity index (χ3n) is 3.78. The summed E-state index contributed by atoms with van der Waals surface area (Å²) in [6, 6.07) is 8.08. The van der Waals surface area contributed by atoms with Crippen LogP contribution in [-0.2, 0) is 13.1 Å². The zero-order valence-corrected chi connectivity index (χ0v) is 14.3. The van der Waals surface area contributed by atoms with E-state index in [2.05, 4.69) is 21.5 Å². The average Bonchev–Trinajstić information content (AvgIpc) is 3.24. The van der Waals surface area contributed by atoms with E-state index in [-0.39, 0.29) is 5.91 Å². The summed E-state index contributed by atoms with van der Waals surface area (Å²) in [5.74, 6) is -0.188. The number of hydrogen-bond acceptors (Lipinski definition) is 5. The van der Waals surface area contributed by atoms with E-state index in [4.69, 9.17) is 5.73 Å². The number of aromatic nitrogens is 5. The van der Waals surface area contributed by atoms with E-state index in [0.29, 0.717) is 25.3 Å².